The molecular formula is C18H20N4O5S. The van der Waals surface area contributed by atoms with Gasteiger partial charge in [-0.3, -0.25) is 19.1 Å². The summed E-state index contributed by atoms with van der Waals surface area (Å²) in [5, 5.41) is 16.0. The number of rotatable bonds is 4. The fourth-order valence-electron chi connectivity index (χ4n) is 3.16. The third-order valence-corrected chi connectivity index (χ3v) is 4.99. The quantitative estimate of drug-likeness (QED) is 0.753. The summed E-state index contributed by atoms with van der Waals surface area (Å²) in [6.07, 6.45) is 0.218. The summed E-state index contributed by atoms with van der Waals surface area (Å²) >= 11 is 5.00. The van der Waals surface area contributed by atoms with Gasteiger partial charge >= 0.3 is 0 Å². The van der Waals surface area contributed by atoms with Crippen molar-refractivity contribution >= 4 is 23.8 Å². The van der Waals surface area contributed by atoms with Gasteiger partial charge in [0.2, 0.25) is 11.8 Å². The molecule has 0 saturated carbocycles. The van der Waals surface area contributed by atoms with Crippen LogP contribution >= 0.6 is 12.2 Å². The topological polar surface area (TPSA) is 109 Å². The Kier molecular flexibility index (Phi) is 5.23. The van der Waals surface area contributed by atoms with Gasteiger partial charge in [-0.1, -0.05) is 0 Å². The number of aromatic amines is 1. The van der Waals surface area contributed by atoms with E-state index in [4.69, 9.17) is 21.7 Å². The minimum Gasteiger partial charge on any atom is -0.497 e. The number of aromatic hydroxyl groups is 1. The van der Waals surface area contributed by atoms with Crippen LogP contribution in [0.2, 0.25) is 0 Å². The third-order valence-electron chi connectivity index (χ3n) is 4.61. The Labute approximate surface area is 165 Å². The molecule has 0 saturated heterocycles. The number of carbonyl (C=O) groups excluding carboxylic acids is 1. The molecule has 1 aromatic carbocycles. The van der Waals surface area contributed by atoms with Crippen LogP contribution < -0.4 is 15.0 Å². The number of methoxy groups -OCH3 is 2. The SMILES string of the molecule is COc1ccc(C2CC(c3c(O)n(C)c(=S)[nH]c3=O)=NN2C(C)=O)c(OC)c1. The van der Waals surface area contributed by atoms with E-state index in [0.29, 0.717) is 17.1 Å². The first kappa shape index (κ1) is 19.6. The molecule has 1 aromatic heterocycles. The van der Waals surface area contributed by atoms with Crippen molar-refractivity contribution in [1.82, 2.24) is 14.6 Å². The molecular weight excluding hydrogens is 384 g/mol. The molecule has 148 valence electrons. The number of hydrogen-bond donors (Lipinski definition) is 2. The van der Waals surface area contributed by atoms with Crippen LogP contribution in [-0.2, 0) is 11.8 Å². The number of carbonyl (C=O) groups is 1. The molecule has 10 heteroatoms. The highest BCUT2D eigenvalue weighted by molar-refractivity contribution is 7.71. The average molecular weight is 404 g/mol. The number of benzene rings is 1. The first-order valence-corrected chi connectivity index (χ1v) is 8.81. The Balaban J connectivity index is 2.11. The van der Waals surface area contributed by atoms with Gasteiger partial charge in [0.25, 0.3) is 5.56 Å². The van der Waals surface area contributed by atoms with Crippen LogP contribution in [0.1, 0.15) is 30.5 Å². The number of ether oxygens (including phenoxy) is 2. The van der Waals surface area contributed by atoms with Gasteiger partial charge in [0, 0.05) is 32.0 Å². The van der Waals surface area contributed by atoms with Crippen LogP contribution in [0.3, 0.4) is 0 Å². The van der Waals surface area contributed by atoms with Crippen LogP contribution in [-0.4, -0.2) is 45.5 Å². The summed E-state index contributed by atoms with van der Waals surface area (Å²) in [5.74, 6) is 0.518. The average Bonchev–Trinajstić information content (AvgIpc) is 3.10. The normalized spacial score (nSPS) is 16.1. The fraction of sp³-hybridized carbons (Fsp3) is 0.333. The molecule has 1 atom stereocenters. The molecule has 1 amide bonds. The summed E-state index contributed by atoms with van der Waals surface area (Å²) in [7, 11) is 4.59. The van der Waals surface area contributed by atoms with Crippen molar-refractivity contribution in [2.45, 2.75) is 19.4 Å². The Morgan fingerprint density at radius 3 is 2.68 bits per heavy atom. The van der Waals surface area contributed by atoms with E-state index in [0.717, 1.165) is 0 Å². The summed E-state index contributed by atoms with van der Waals surface area (Å²) in [4.78, 5) is 27.1. The molecule has 28 heavy (non-hydrogen) atoms. The van der Waals surface area contributed by atoms with Gasteiger partial charge in [-0.25, -0.2) is 5.01 Å². The van der Waals surface area contributed by atoms with Gasteiger partial charge in [-0.2, -0.15) is 5.10 Å². The zero-order chi connectivity index (χ0) is 20.6. The fourth-order valence-corrected chi connectivity index (χ4v) is 3.34. The Morgan fingerprint density at radius 2 is 2.07 bits per heavy atom. The molecule has 2 N–H and O–H groups in total. The molecule has 2 aromatic rings. The molecule has 0 spiro atoms. The lowest BCUT2D eigenvalue weighted by Gasteiger charge is -2.22. The highest BCUT2D eigenvalue weighted by atomic mass is 32.1. The highest BCUT2D eigenvalue weighted by Gasteiger charge is 2.35. The maximum atomic E-state index is 12.4. The molecule has 1 aliphatic heterocycles. The molecule has 0 bridgehead atoms. The molecule has 2 heterocycles. The Morgan fingerprint density at radius 1 is 1.36 bits per heavy atom. The number of hydrazone groups is 1. The lowest BCUT2D eigenvalue weighted by atomic mass is 9.98. The number of nitrogens with zero attached hydrogens (tertiary/aromatic N) is 3. The summed E-state index contributed by atoms with van der Waals surface area (Å²) in [6.45, 7) is 1.38. The molecule has 1 aliphatic rings. The second-order valence-corrected chi connectivity index (χ2v) is 6.64. The van der Waals surface area contributed by atoms with E-state index in [1.807, 2.05) is 0 Å². The van der Waals surface area contributed by atoms with Gasteiger partial charge < -0.3 is 14.6 Å². The van der Waals surface area contributed by atoms with Gasteiger partial charge in [0.05, 0.1) is 26.0 Å². The smallest absolute Gasteiger partial charge is 0.264 e. The first-order valence-electron chi connectivity index (χ1n) is 8.40. The van der Waals surface area contributed by atoms with E-state index < -0.39 is 11.6 Å². The second-order valence-electron chi connectivity index (χ2n) is 6.25. The summed E-state index contributed by atoms with van der Waals surface area (Å²) in [6, 6.07) is 4.75. The number of hydrogen-bond acceptors (Lipinski definition) is 7. The number of nitrogens with one attached hydrogen (secondary N) is 1. The minimum absolute atomic E-state index is 0.0164. The highest BCUT2D eigenvalue weighted by Crippen LogP contribution is 2.39. The summed E-state index contributed by atoms with van der Waals surface area (Å²) < 4.78 is 12.0. The van der Waals surface area contributed by atoms with E-state index >= 15 is 0 Å². The lowest BCUT2D eigenvalue weighted by molar-refractivity contribution is -0.130. The zero-order valence-electron chi connectivity index (χ0n) is 15.8. The van der Waals surface area contributed by atoms with Crippen LogP contribution in [0.15, 0.2) is 28.1 Å². The molecule has 3 rings (SSSR count). The molecule has 0 aliphatic carbocycles. The van der Waals surface area contributed by atoms with E-state index in [2.05, 4.69) is 10.1 Å². The van der Waals surface area contributed by atoms with Gasteiger partial charge in [-0.05, 0) is 24.4 Å². The van der Waals surface area contributed by atoms with Crippen LogP contribution in [0, 0.1) is 4.77 Å². The van der Waals surface area contributed by atoms with E-state index in [-0.39, 0.29) is 34.3 Å². The monoisotopic (exact) mass is 404 g/mol. The van der Waals surface area contributed by atoms with Crippen molar-refractivity contribution in [3.8, 4) is 17.4 Å². The zero-order valence-corrected chi connectivity index (χ0v) is 16.7. The molecule has 0 radical (unpaired) electrons. The van der Waals surface area contributed by atoms with Crippen molar-refractivity contribution in [3.63, 3.8) is 0 Å². The molecule has 9 nitrogen and oxygen atoms in total. The van der Waals surface area contributed by atoms with E-state index in [1.165, 1.54) is 30.7 Å². The Bertz CT molecular complexity index is 1090. The van der Waals surface area contributed by atoms with E-state index in [1.54, 1.807) is 25.3 Å². The lowest BCUT2D eigenvalue weighted by Crippen LogP contribution is -2.24. The third kappa shape index (κ3) is 3.26. The predicted octanol–water partition coefficient (Wildman–Crippen LogP) is 1.86. The largest absolute Gasteiger partial charge is 0.497 e. The van der Waals surface area contributed by atoms with Crippen LogP contribution in [0.25, 0.3) is 0 Å². The second kappa shape index (κ2) is 7.47. The van der Waals surface area contributed by atoms with Crippen molar-refractivity contribution in [1.29, 1.82) is 0 Å². The predicted molar refractivity (Wildman–Crippen MR) is 104 cm³/mol. The first-order chi connectivity index (χ1) is 13.3. The van der Waals surface area contributed by atoms with Crippen LogP contribution in [0.4, 0.5) is 0 Å². The standard InChI is InChI=1S/C18H20N4O5S/c1-9(23)22-13(11-6-5-10(26-3)7-14(11)27-4)8-12(20-22)15-16(24)19-18(28)21(2)17(15)25/h5-7,13,25H,8H2,1-4H3,(H,19,24,28). The van der Waals surface area contributed by atoms with Crippen molar-refractivity contribution in [3.05, 3.63) is 44.5 Å². The molecule has 0 fully saturated rings. The van der Waals surface area contributed by atoms with Crippen molar-refractivity contribution in [2.24, 2.45) is 12.1 Å². The van der Waals surface area contributed by atoms with Gasteiger partial charge in [0.1, 0.15) is 17.1 Å². The number of H-pyrrole nitrogens is 1. The van der Waals surface area contributed by atoms with E-state index in [9.17, 15) is 14.7 Å². The maximum Gasteiger partial charge on any atom is 0.264 e. The van der Waals surface area contributed by atoms with Crippen LogP contribution in [0.5, 0.6) is 17.4 Å². The maximum absolute atomic E-state index is 12.4. The number of amides is 1. The van der Waals surface area contributed by atoms with Gasteiger partial charge in [-0.15, -0.1) is 0 Å². The Hall–Kier alpha value is -3.14. The summed E-state index contributed by atoms with van der Waals surface area (Å²) in [5.41, 5.74) is 0.405. The number of aromatic nitrogens is 2. The van der Waals surface area contributed by atoms with Gasteiger partial charge in [0.15, 0.2) is 4.77 Å². The van der Waals surface area contributed by atoms with Crippen molar-refractivity contribution < 1.29 is 19.4 Å². The van der Waals surface area contributed by atoms with Crippen molar-refractivity contribution in [2.75, 3.05) is 14.2 Å². The molecule has 1 unspecified atom stereocenters. The minimum atomic E-state index is -0.565.